The predicted molar refractivity (Wildman–Crippen MR) is 129 cm³/mol. The molecule has 0 unspecified atom stereocenters. The molecule has 4 heterocycles. The van der Waals surface area contributed by atoms with Gasteiger partial charge in [0.1, 0.15) is 5.69 Å². The van der Waals surface area contributed by atoms with Crippen LogP contribution in [-0.4, -0.2) is 58.6 Å². The van der Waals surface area contributed by atoms with Gasteiger partial charge < -0.3 is 15.6 Å². The van der Waals surface area contributed by atoms with Crippen LogP contribution in [0.2, 0.25) is 0 Å². The van der Waals surface area contributed by atoms with Gasteiger partial charge >= 0.3 is 0 Å². The number of H-pyrrole nitrogens is 1. The average molecular weight is 434 g/mol. The molecule has 0 aliphatic carbocycles. The van der Waals surface area contributed by atoms with Crippen LogP contribution in [0.25, 0.3) is 0 Å². The van der Waals surface area contributed by atoms with Crippen molar-refractivity contribution in [3.05, 3.63) is 53.7 Å². The molecule has 2 aromatic heterocycles. The summed E-state index contributed by atoms with van der Waals surface area (Å²) in [5.74, 6) is 1.18. The molecular weight excluding hydrogens is 400 g/mol. The lowest BCUT2D eigenvalue weighted by atomic mass is 10.1. The van der Waals surface area contributed by atoms with Gasteiger partial charge in [0.25, 0.3) is 0 Å². The van der Waals surface area contributed by atoms with Gasteiger partial charge in [0.2, 0.25) is 5.95 Å². The molecule has 2 aliphatic heterocycles. The Labute approximate surface area is 189 Å². The minimum absolute atomic E-state index is 0.299. The monoisotopic (exact) mass is 433 g/mol. The molecular formula is C24H33N8+. The van der Waals surface area contributed by atoms with Crippen molar-refractivity contribution in [3.63, 3.8) is 0 Å². The lowest BCUT2D eigenvalue weighted by Gasteiger charge is -2.34. The van der Waals surface area contributed by atoms with E-state index in [9.17, 15) is 0 Å². The zero-order valence-electron chi connectivity index (χ0n) is 19.1. The smallest absolute Gasteiger partial charge is 0.222 e. The highest BCUT2D eigenvalue weighted by atomic mass is 15.4. The Morgan fingerprint density at radius 1 is 1.03 bits per heavy atom. The highest BCUT2D eigenvalue weighted by Crippen LogP contribution is 2.38. The number of nitrogen functional groups attached to an aromatic ring is 1. The Hall–Kier alpha value is -2.97. The molecule has 8 nitrogen and oxygen atoms in total. The van der Waals surface area contributed by atoms with Crippen LogP contribution in [0.1, 0.15) is 36.2 Å². The molecule has 1 fully saturated rings. The second kappa shape index (κ2) is 8.52. The number of hydrogen-bond donors (Lipinski definition) is 2. The zero-order chi connectivity index (χ0) is 22.1. The average Bonchev–Trinajstić information content (AvgIpc) is 3.28. The second-order valence-electron chi connectivity index (χ2n) is 9.39. The van der Waals surface area contributed by atoms with Gasteiger partial charge in [-0.05, 0) is 43.6 Å². The largest absolute Gasteiger partial charge is 0.368 e. The number of rotatable bonds is 5. The van der Waals surface area contributed by atoms with E-state index in [2.05, 4.69) is 68.1 Å². The Morgan fingerprint density at radius 2 is 1.81 bits per heavy atom. The first-order valence-corrected chi connectivity index (χ1v) is 11.6. The third kappa shape index (κ3) is 4.08. The van der Waals surface area contributed by atoms with Crippen LogP contribution < -0.4 is 15.1 Å². The van der Waals surface area contributed by atoms with Crippen LogP contribution in [0.5, 0.6) is 0 Å². The van der Waals surface area contributed by atoms with E-state index in [-0.39, 0.29) is 0 Å². The first kappa shape index (κ1) is 20.9. The normalized spacial score (nSPS) is 17.4. The number of fused-ring (bicyclic) bond motifs is 1. The maximum atomic E-state index is 6.02. The number of aromatic nitrogens is 4. The maximum absolute atomic E-state index is 6.02. The van der Waals surface area contributed by atoms with E-state index >= 15 is 0 Å². The number of imidazole rings is 1. The number of likely N-dealkylation sites (tertiary alicyclic amines) is 1. The summed E-state index contributed by atoms with van der Waals surface area (Å²) in [4.78, 5) is 21.6. The van der Waals surface area contributed by atoms with E-state index < -0.39 is 0 Å². The van der Waals surface area contributed by atoms with E-state index in [4.69, 9.17) is 5.73 Å². The van der Waals surface area contributed by atoms with Gasteiger partial charge in [0.05, 0.1) is 38.9 Å². The van der Waals surface area contributed by atoms with Gasteiger partial charge in [-0.25, -0.2) is 9.97 Å². The molecule has 1 aromatic carbocycles. The van der Waals surface area contributed by atoms with Crippen LogP contribution in [0.4, 0.5) is 23.1 Å². The number of nitrogens with one attached hydrogen (secondary N) is 1. The number of anilines is 2. The molecule has 2 aliphatic rings. The molecule has 3 aromatic rings. The molecule has 0 spiro atoms. The van der Waals surface area contributed by atoms with Crippen molar-refractivity contribution in [1.29, 1.82) is 0 Å². The van der Waals surface area contributed by atoms with E-state index in [0.717, 1.165) is 43.3 Å². The lowest BCUT2D eigenvalue weighted by Crippen LogP contribution is -2.39. The summed E-state index contributed by atoms with van der Waals surface area (Å²) >= 11 is 0. The van der Waals surface area contributed by atoms with Gasteiger partial charge in [-0.1, -0.05) is 18.6 Å². The minimum Gasteiger partial charge on any atom is -0.368 e. The Kier molecular flexibility index (Phi) is 5.57. The fraction of sp³-hybridized carbons (Fsp3) is 0.458. The number of aromatic amines is 1. The topological polar surface area (TPSA) is 87.0 Å². The van der Waals surface area contributed by atoms with Crippen molar-refractivity contribution in [2.45, 2.75) is 38.8 Å². The summed E-state index contributed by atoms with van der Waals surface area (Å²) in [7, 11) is 4.36. The van der Waals surface area contributed by atoms with Crippen molar-refractivity contribution >= 4 is 23.1 Å². The lowest BCUT2D eigenvalue weighted by molar-refractivity contribution is 0.221. The Morgan fingerprint density at radius 3 is 2.59 bits per heavy atom. The molecule has 1 saturated heterocycles. The Balaban J connectivity index is 1.41. The van der Waals surface area contributed by atoms with Crippen molar-refractivity contribution < 1.29 is 0 Å². The van der Waals surface area contributed by atoms with Gasteiger partial charge in [-0.2, -0.15) is 4.98 Å². The van der Waals surface area contributed by atoms with Gasteiger partial charge in [0.15, 0.2) is 11.5 Å². The number of benzene rings is 1. The van der Waals surface area contributed by atoms with Crippen molar-refractivity contribution in [2.75, 3.05) is 44.4 Å². The van der Waals surface area contributed by atoms with Gasteiger partial charge in [0, 0.05) is 25.2 Å². The number of quaternary nitrogens is 1. The molecule has 0 saturated carbocycles. The summed E-state index contributed by atoms with van der Waals surface area (Å²) < 4.78 is 0.545. The zero-order valence-corrected chi connectivity index (χ0v) is 19.1. The van der Waals surface area contributed by atoms with Crippen molar-refractivity contribution in [1.82, 2.24) is 29.3 Å². The summed E-state index contributed by atoms with van der Waals surface area (Å²) in [6, 6.07) is 9.00. The standard InChI is InChI=1S/C24H33N8/c1-32(2,19-8-6-18(7-9-19)15-30-11-4-3-5-12-30)22-14-26-24(25)29-23(22)31-13-10-20-21(16-31)28-17-27-20/h6-9,14,17H,3-5,10-13,15-16H2,1-2H3,(H,27,28)(H2,25,26,29)/q+1. The van der Waals surface area contributed by atoms with E-state index in [1.54, 1.807) is 6.33 Å². The van der Waals surface area contributed by atoms with Crippen molar-refractivity contribution in [2.24, 2.45) is 0 Å². The highest BCUT2D eigenvalue weighted by molar-refractivity contribution is 5.71. The molecule has 3 N–H and O–H groups in total. The summed E-state index contributed by atoms with van der Waals surface area (Å²) in [5, 5.41) is 0. The number of piperidine rings is 1. The molecule has 0 amide bonds. The fourth-order valence-electron chi connectivity index (χ4n) is 4.88. The van der Waals surface area contributed by atoms with Crippen molar-refractivity contribution in [3.8, 4) is 0 Å². The van der Waals surface area contributed by atoms with Crippen LogP contribution in [0.15, 0.2) is 36.8 Å². The summed E-state index contributed by atoms with van der Waals surface area (Å²) in [5.41, 5.74) is 11.9. The molecule has 8 heteroatoms. The van der Waals surface area contributed by atoms with Crippen LogP contribution in [-0.2, 0) is 19.5 Å². The Bertz CT molecular complexity index is 1070. The van der Waals surface area contributed by atoms with Crippen LogP contribution in [0.3, 0.4) is 0 Å². The van der Waals surface area contributed by atoms with E-state index in [1.807, 2.05) is 6.20 Å². The second-order valence-corrected chi connectivity index (χ2v) is 9.39. The summed E-state index contributed by atoms with van der Waals surface area (Å²) in [6.45, 7) is 5.04. The SMILES string of the molecule is C[N+](C)(c1ccc(CN2CCCCC2)cc1)c1cnc(N)nc1N1CCc2[nH]cnc2C1. The van der Waals surface area contributed by atoms with E-state index in [1.165, 1.54) is 49.3 Å². The molecule has 5 rings (SSSR count). The first-order valence-electron chi connectivity index (χ1n) is 11.6. The van der Waals surface area contributed by atoms with Gasteiger partial charge in [-0.15, -0.1) is 0 Å². The van der Waals surface area contributed by atoms with E-state index in [0.29, 0.717) is 10.4 Å². The molecule has 32 heavy (non-hydrogen) atoms. The van der Waals surface area contributed by atoms with Crippen LogP contribution >= 0.6 is 0 Å². The molecule has 0 radical (unpaired) electrons. The summed E-state index contributed by atoms with van der Waals surface area (Å²) in [6.07, 6.45) is 8.56. The molecule has 0 atom stereocenters. The minimum atomic E-state index is 0.299. The first-order chi connectivity index (χ1) is 15.5. The maximum Gasteiger partial charge on any atom is 0.222 e. The number of hydrogen-bond acceptors (Lipinski definition) is 6. The van der Waals surface area contributed by atoms with Crippen LogP contribution in [0, 0.1) is 0 Å². The molecule has 0 bridgehead atoms. The van der Waals surface area contributed by atoms with Gasteiger partial charge in [-0.3, -0.25) is 9.38 Å². The number of nitrogens with two attached hydrogens (primary N) is 1. The fourth-order valence-corrected chi connectivity index (χ4v) is 4.88. The third-order valence-corrected chi connectivity index (χ3v) is 6.89. The molecule has 168 valence electrons. The highest BCUT2D eigenvalue weighted by Gasteiger charge is 2.32. The third-order valence-electron chi connectivity index (χ3n) is 6.89. The predicted octanol–water partition coefficient (Wildman–Crippen LogP) is 3.23. The number of nitrogens with zero attached hydrogens (tertiary/aromatic N) is 6. The quantitative estimate of drug-likeness (QED) is 0.601.